The van der Waals surface area contributed by atoms with E-state index in [1.165, 1.54) is 18.2 Å². The summed E-state index contributed by atoms with van der Waals surface area (Å²) in [6.45, 7) is 5.23. The second-order valence-electron chi connectivity index (χ2n) is 7.79. The van der Waals surface area contributed by atoms with Crippen molar-refractivity contribution in [2.75, 3.05) is 18.9 Å². The number of hydrogen-bond acceptors (Lipinski definition) is 9. The monoisotopic (exact) mass is 497 g/mol. The van der Waals surface area contributed by atoms with E-state index in [2.05, 4.69) is 5.32 Å². The molecule has 3 N–H and O–H groups in total. The smallest absolute Gasteiger partial charge is 0.336 e. The van der Waals surface area contributed by atoms with Crippen LogP contribution in [0.5, 0.6) is 0 Å². The van der Waals surface area contributed by atoms with Crippen LogP contribution in [0.15, 0.2) is 71.1 Å². The maximum absolute atomic E-state index is 13.4. The lowest BCUT2D eigenvalue weighted by atomic mass is 9.79. The number of nitrogens with two attached hydrogens (primary N) is 1. The second-order valence-corrected chi connectivity index (χ2v) is 8.30. The van der Waals surface area contributed by atoms with E-state index in [1.54, 1.807) is 51.1 Å². The van der Waals surface area contributed by atoms with Crippen molar-refractivity contribution in [3.8, 4) is 0 Å². The van der Waals surface area contributed by atoms with Crippen LogP contribution in [0.2, 0.25) is 0 Å². The van der Waals surface area contributed by atoms with Crippen molar-refractivity contribution in [1.82, 2.24) is 5.32 Å². The molecule has 10 heteroatoms. The van der Waals surface area contributed by atoms with Gasteiger partial charge in [0.05, 0.1) is 40.5 Å². The van der Waals surface area contributed by atoms with Crippen molar-refractivity contribution in [3.05, 3.63) is 92.3 Å². The lowest BCUT2D eigenvalue weighted by Crippen LogP contribution is -2.34. The fourth-order valence-electron chi connectivity index (χ4n) is 3.98. The first-order valence-corrected chi connectivity index (χ1v) is 11.5. The maximum Gasteiger partial charge on any atom is 0.336 e. The number of rotatable bonds is 8. The first-order valence-electron chi connectivity index (χ1n) is 11.0. The summed E-state index contributed by atoms with van der Waals surface area (Å²) in [4.78, 5) is 37.4. The molecule has 0 saturated heterocycles. The van der Waals surface area contributed by atoms with Gasteiger partial charge in [-0.3, -0.25) is 10.1 Å². The highest BCUT2D eigenvalue weighted by atomic mass is 32.1. The normalized spacial score (nSPS) is 16.4. The molecule has 0 aliphatic carbocycles. The largest absolute Gasteiger partial charge is 0.463 e. The molecule has 2 unspecified atom stereocenters. The fraction of sp³-hybridized carbons (Fsp3) is 0.280. The first kappa shape index (κ1) is 25.8. The molecule has 2 atom stereocenters. The van der Waals surface area contributed by atoms with Gasteiger partial charge in [-0.25, -0.2) is 9.59 Å². The van der Waals surface area contributed by atoms with Gasteiger partial charge in [0.1, 0.15) is 0 Å². The molecule has 3 rings (SSSR count). The van der Waals surface area contributed by atoms with Gasteiger partial charge >= 0.3 is 11.9 Å². The van der Waals surface area contributed by atoms with Gasteiger partial charge in [-0.1, -0.05) is 24.3 Å². The summed E-state index contributed by atoms with van der Waals surface area (Å²) in [5.41, 5.74) is 8.47. The lowest BCUT2D eigenvalue weighted by Gasteiger charge is -2.33. The average Bonchev–Trinajstić information content (AvgIpc) is 2.83. The number of non-ortho nitro benzene ring substituents is 1. The Morgan fingerprint density at radius 1 is 1.09 bits per heavy atom. The number of carbonyl (C=O) groups excluding carboxylic acids is 2. The molecule has 0 aromatic heterocycles. The zero-order chi connectivity index (χ0) is 25.7. The molecule has 35 heavy (non-hydrogen) atoms. The van der Waals surface area contributed by atoms with Crippen molar-refractivity contribution < 1.29 is 24.0 Å². The number of ether oxygens (including phenoxy) is 2. The van der Waals surface area contributed by atoms with Gasteiger partial charge in [-0.05, 0) is 44.0 Å². The van der Waals surface area contributed by atoms with E-state index >= 15 is 0 Å². The summed E-state index contributed by atoms with van der Waals surface area (Å²) in [7, 11) is 0. The quantitative estimate of drug-likeness (QED) is 0.163. The molecule has 184 valence electrons. The van der Waals surface area contributed by atoms with E-state index in [0.29, 0.717) is 22.6 Å². The Hall–Kier alpha value is -3.79. The number of nitrogens with one attached hydrogen (secondary N) is 1. The Labute approximate surface area is 208 Å². The third-order valence-electron chi connectivity index (χ3n) is 5.52. The molecule has 2 aromatic rings. The van der Waals surface area contributed by atoms with Crippen LogP contribution in [0.4, 0.5) is 11.4 Å². The maximum atomic E-state index is 13.4. The van der Waals surface area contributed by atoms with E-state index in [9.17, 15) is 19.7 Å². The van der Waals surface area contributed by atoms with Crippen LogP contribution in [-0.2, 0) is 19.1 Å². The summed E-state index contributed by atoms with van der Waals surface area (Å²) >= 11 is 4.77. The molecule has 0 saturated carbocycles. The number of nitro groups is 1. The van der Waals surface area contributed by atoms with Crippen molar-refractivity contribution in [3.63, 3.8) is 0 Å². The fourth-order valence-corrected chi connectivity index (χ4v) is 4.36. The van der Waals surface area contributed by atoms with Gasteiger partial charge in [0.15, 0.2) is 0 Å². The molecular formula is C25H27N3O6S. The number of nitrogens with zero attached hydrogens (tertiary/aromatic N) is 1. The SMILES string of the molecule is CCOC(=O)C1=C(C)NC(C(S)c2ccc(N)cc2)=C(C(=O)OCC)C1c1cccc([N+](=O)[O-])c1. The molecule has 1 aliphatic heterocycles. The summed E-state index contributed by atoms with van der Waals surface area (Å²) in [5, 5.41) is 14.0. The molecule has 0 radical (unpaired) electrons. The molecule has 1 aliphatic rings. The van der Waals surface area contributed by atoms with Crippen molar-refractivity contribution in [1.29, 1.82) is 0 Å². The van der Waals surface area contributed by atoms with Crippen LogP contribution in [-0.4, -0.2) is 30.1 Å². The van der Waals surface area contributed by atoms with Crippen LogP contribution in [0, 0.1) is 10.1 Å². The Bertz CT molecular complexity index is 1210. The lowest BCUT2D eigenvalue weighted by molar-refractivity contribution is -0.384. The summed E-state index contributed by atoms with van der Waals surface area (Å²) in [6.07, 6.45) is 0. The Morgan fingerprint density at radius 2 is 1.69 bits per heavy atom. The molecular weight excluding hydrogens is 470 g/mol. The van der Waals surface area contributed by atoms with E-state index < -0.39 is 28.0 Å². The molecule has 9 nitrogen and oxygen atoms in total. The van der Waals surface area contributed by atoms with Crippen molar-refractivity contribution >= 4 is 35.9 Å². The van der Waals surface area contributed by atoms with E-state index in [0.717, 1.165) is 5.56 Å². The number of benzene rings is 2. The molecule has 0 bridgehead atoms. The van der Waals surface area contributed by atoms with Gasteiger partial charge < -0.3 is 20.5 Å². The number of nitro benzene ring substituents is 1. The van der Waals surface area contributed by atoms with Gasteiger partial charge in [-0.2, -0.15) is 12.6 Å². The highest BCUT2D eigenvalue weighted by Gasteiger charge is 2.41. The number of anilines is 1. The average molecular weight is 498 g/mol. The molecule has 2 aromatic carbocycles. The summed E-state index contributed by atoms with van der Waals surface area (Å²) < 4.78 is 10.7. The topological polar surface area (TPSA) is 134 Å². The van der Waals surface area contributed by atoms with Crippen LogP contribution in [0.25, 0.3) is 0 Å². The van der Waals surface area contributed by atoms with E-state index in [-0.39, 0.29) is 30.0 Å². The third-order valence-corrected chi connectivity index (χ3v) is 6.08. The minimum Gasteiger partial charge on any atom is -0.463 e. The van der Waals surface area contributed by atoms with Crippen LogP contribution in [0.3, 0.4) is 0 Å². The Balaban J connectivity index is 2.30. The number of dihydropyridines is 1. The van der Waals surface area contributed by atoms with Crippen LogP contribution < -0.4 is 11.1 Å². The molecule has 0 amide bonds. The summed E-state index contributed by atoms with van der Waals surface area (Å²) in [6, 6.07) is 12.8. The molecule has 0 spiro atoms. The third kappa shape index (κ3) is 5.48. The van der Waals surface area contributed by atoms with Gasteiger partial charge in [-0.15, -0.1) is 0 Å². The summed E-state index contributed by atoms with van der Waals surface area (Å²) in [5.74, 6) is -2.29. The second kappa shape index (κ2) is 11.1. The zero-order valence-corrected chi connectivity index (χ0v) is 20.5. The van der Waals surface area contributed by atoms with Crippen LogP contribution >= 0.6 is 12.6 Å². The Morgan fingerprint density at radius 3 is 2.26 bits per heavy atom. The zero-order valence-electron chi connectivity index (χ0n) is 19.6. The number of esters is 2. The predicted molar refractivity (Wildman–Crippen MR) is 135 cm³/mol. The number of carbonyl (C=O) groups is 2. The minimum absolute atomic E-state index is 0.0911. The standard InChI is InChI=1S/C25H27N3O6S/c1-4-33-24(29)19-14(3)27-22(23(35)15-9-11-17(26)12-10-15)21(25(30)34-5-2)20(19)16-7-6-8-18(13-16)28(31)32/h6-13,20,23,27,35H,4-5,26H2,1-3H3. The van der Waals surface area contributed by atoms with Gasteiger partial charge in [0, 0.05) is 29.2 Å². The molecule has 1 heterocycles. The molecule has 0 fully saturated rings. The number of hydrogen-bond donors (Lipinski definition) is 3. The number of nitrogen functional groups attached to an aromatic ring is 1. The van der Waals surface area contributed by atoms with Gasteiger partial charge in [0.25, 0.3) is 5.69 Å². The number of thiol groups is 1. The van der Waals surface area contributed by atoms with Gasteiger partial charge in [0.2, 0.25) is 0 Å². The van der Waals surface area contributed by atoms with E-state index in [1.807, 2.05) is 0 Å². The minimum atomic E-state index is -0.979. The van der Waals surface area contributed by atoms with Crippen molar-refractivity contribution in [2.24, 2.45) is 0 Å². The van der Waals surface area contributed by atoms with Crippen LogP contribution in [0.1, 0.15) is 43.1 Å². The predicted octanol–water partition coefficient (Wildman–Crippen LogP) is 4.19. The van der Waals surface area contributed by atoms with Crippen molar-refractivity contribution in [2.45, 2.75) is 31.9 Å². The Kier molecular flexibility index (Phi) is 8.18. The number of allylic oxidation sites excluding steroid dienone is 1. The first-order chi connectivity index (χ1) is 16.7. The highest BCUT2D eigenvalue weighted by Crippen LogP contribution is 2.44. The van der Waals surface area contributed by atoms with E-state index in [4.69, 9.17) is 27.8 Å². The highest BCUT2D eigenvalue weighted by molar-refractivity contribution is 7.80.